The number of imidazole rings is 1. The number of benzene rings is 1. The molecule has 0 saturated heterocycles. The number of aromatic nitrogens is 3. The average molecular weight is 432 g/mol. The molecule has 0 unspecified atom stereocenters. The first-order valence-corrected chi connectivity index (χ1v) is 10.3. The van der Waals surface area contributed by atoms with Crippen molar-refractivity contribution in [3.63, 3.8) is 0 Å². The number of hydrogen-bond donors (Lipinski definition) is 1. The lowest BCUT2D eigenvalue weighted by molar-refractivity contribution is -0.137. The lowest BCUT2D eigenvalue weighted by Crippen LogP contribution is -2.35. The van der Waals surface area contributed by atoms with Gasteiger partial charge in [-0.1, -0.05) is 12.8 Å². The van der Waals surface area contributed by atoms with E-state index in [1.165, 1.54) is 6.07 Å². The molecule has 0 aliphatic heterocycles. The first kappa shape index (κ1) is 21.1. The van der Waals surface area contributed by atoms with E-state index < -0.39 is 11.7 Å². The number of rotatable bonds is 6. The van der Waals surface area contributed by atoms with Gasteiger partial charge in [0.25, 0.3) is 0 Å². The molecule has 0 atom stereocenters. The largest absolute Gasteiger partial charge is 0.493 e. The third kappa shape index (κ3) is 4.65. The quantitative estimate of drug-likeness (QED) is 0.619. The van der Waals surface area contributed by atoms with Crippen molar-refractivity contribution in [2.75, 3.05) is 6.61 Å². The van der Waals surface area contributed by atoms with Crippen LogP contribution in [0.5, 0.6) is 5.75 Å². The highest BCUT2D eigenvalue weighted by molar-refractivity contribution is 5.82. The van der Waals surface area contributed by atoms with Crippen LogP contribution in [-0.4, -0.2) is 33.1 Å². The fraction of sp³-hybridized carbons (Fsp3) is 0.409. The summed E-state index contributed by atoms with van der Waals surface area (Å²) >= 11 is 0. The number of ether oxygens (including phenoxy) is 1. The summed E-state index contributed by atoms with van der Waals surface area (Å²) < 4.78 is 46.3. The lowest BCUT2D eigenvalue weighted by atomic mass is 10.0. The summed E-state index contributed by atoms with van der Waals surface area (Å²) in [5.41, 5.74) is 1.40. The standard InChI is InChI=1S/C22H23F3N4O2/c1-2-31-19-10-15(22(23,24)25)7-8-17(19)14-9-18-21(26-11-14)29(13-27-18)12-20(30)28-16-5-3-4-6-16/h7-11,13,16H,2-6,12H2,1H3,(H,28,30). The maximum absolute atomic E-state index is 13.1. The van der Waals surface area contributed by atoms with Gasteiger partial charge >= 0.3 is 6.18 Å². The Hall–Kier alpha value is -3.10. The van der Waals surface area contributed by atoms with Gasteiger partial charge in [-0.05, 0) is 44.0 Å². The Morgan fingerprint density at radius 1 is 1.23 bits per heavy atom. The molecule has 0 spiro atoms. The van der Waals surface area contributed by atoms with E-state index in [-0.39, 0.29) is 30.9 Å². The number of fused-ring (bicyclic) bond motifs is 1. The summed E-state index contributed by atoms with van der Waals surface area (Å²) in [7, 11) is 0. The number of nitrogens with one attached hydrogen (secondary N) is 1. The van der Waals surface area contributed by atoms with Crippen LogP contribution in [0, 0.1) is 0 Å². The van der Waals surface area contributed by atoms with Crippen LogP contribution in [0.2, 0.25) is 0 Å². The van der Waals surface area contributed by atoms with Crippen molar-refractivity contribution in [1.29, 1.82) is 0 Å². The fourth-order valence-electron chi connectivity index (χ4n) is 3.92. The van der Waals surface area contributed by atoms with E-state index in [4.69, 9.17) is 4.74 Å². The minimum Gasteiger partial charge on any atom is -0.493 e. The SMILES string of the molecule is CCOc1cc(C(F)(F)F)ccc1-c1cnc2c(c1)ncn2CC(=O)NC1CCCC1. The van der Waals surface area contributed by atoms with Crippen LogP contribution < -0.4 is 10.1 Å². The van der Waals surface area contributed by atoms with Crippen LogP contribution in [0.25, 0.3) is 22.3 Å². The summed E-state index contributed by atoms with van der Waals surface area (Å²) in [5, 5.41) is 3.03. The van der Waals surface area contributed by atoms with E-state index in [0.717, 1.165) is 37.8 Å². The summed E-state index contributed by atoms with van der Waals surface area (Å²) in [6.45, 7) is 2.06. The highest BCUT2D eigenvalue weighted by atomic mass is 19.4. The van der Waals surface area contributed by atoms with Crippen molar-refractivity contribution < 1.29 is 22.7 Å². The Bertz CT molecular complexity index is 1090. The second kappa shape index (κ2) is 8.56. The van der Waals surface area contributed by atoms with Gasteiger partial charge < -0.3 is 14.6 Å². The van der Waals surface area contributed by atoms with Crippen molar-refractivity contribution in [2.45, 2.75) is 51.4 Å². The predicted octanol–water partition coefficient (Wildman–Crippen LogP) is 4.57. The zero-order chi connectivity index (χ0) is 22.0. The third-order valence-corrected chi connectivity index (χ3v) is 5.41. The first-order valence-electron chi connectivity index (χ1n) is 10.3. The molecule has 1 aromatic carbocycles. The van der Waals surface area contributed by atoms with Crippen molar-refractivity contribution in [3.05, 3.63) is 42.4 Å². The molecule has 3 aromatic rings. The molecule has 1 saturated carbocycles. The number of hydrogen-bond acceptors (Lipinski definition) is 4. The van der Waals surface area contributed by atoms with Crippen LogP contribution in [0.1, 0.15) is 38.2 Å². The highest BCUT2D eigenvalue weighted by Crippen LogP contribution is 2.37. The molecule has 0 radical (unpaired) electrons. The number of halogens is 3. The van der Waals surface area contributed by atoms with Gasteiger partial charge in [-0.3, -0.25) is 4.79 Å². The van der Waals surface area contributed by atoms with Gasteiger partial charge in [-0.25, -0.2) is 9.97 Å². The molecular weight excluding hydrogens is 409 g/mol. The summed E-state index contributed by atoms with van der Waals surface area (Å²) in [6, 6.07) is 5.36. The fourth-order valence-corrected chi connectivity index (χ4v) is 3.92. The van der Waals surface area contributed by atoms with Crippen molar-refractivity contribution in [1.82, 2.24) is 19.9 Å². The summed E-state index contributed by atoms with van der Waals surface area (Å²) in [5.74, 6) is 0.0484. The summed E-state index contributed by atoms with van der Waals surface area (Å²) in [6.07, 6.45) is 2.94. The Labute approximate surface area is 177 Å². The molecule has 1 aliphatic carbocycles. The van der Waals surface area contributed by atoms with Gasteiger partial charge in [0.1, 0.15) is 17.8 Å². The minimum atomic E-state index is -4.45. The number of carbonyl (C=O) groups is 1. The zero-order valence-electron chi connectivity index (χ0n) is 17.1. The molecule has 1 amide bonds. The van der Waals surface area contributed by atoms with Crippen LogP contribution in [0.3, 0.4) is 0 Å². The smallest absolute Gasteiger partial charge is 0.416 e. The van der Waals surface area contributed by atoms with Gasteiger partial charge in [0.2, 0.25) is 5.91 Å². The Balaban J connectivity index is 1.59. The van der Waals surface area contributed by atoms with Crippen molar-refractivity contribution in [3.8, 4) is 16.9 Å². The van der Waals surface area contributed by atoms with Gasteiger partial charge in [-0.2, -0.15) is 13.2 Å². The second-order valence-electron chi connectivity index (χ2n) is 7.63. The van der Waals surface area contributed by atoms with Crippen molar-refractivity contribution >= 4 is 17.1 Å². The maximum Gasteiger partial charge on any atom is 0.416 e. The van der Waals surface area contributed by atoms with Crippen molar-refractivity contribution in [2.24, 2.45) is 0 Å². The molecule has 2 aromatic heterocycles. The van der Waals surface area contributed by atoms with E-state index in [1.54, 1.807) is 30.1 Å². The normalized spacial score (nSPS) is 14.8. The zero-order valence-corrected chi connectivity index (χ0v) is 17.1. The molecule has 6 nitrogen and oxygen atoms in total. The molecular formula is C22H23F3N4O2. The highest BCUT2D eigenvalue weighted by Gasteiger charge is 2.31. The number of alkyl halides is 3. The number of nitrogens with zero attached hydrogens (tertiary/aromatic N) is 3. The first-order chi connectivity index (χ1) is 14.8. The van der Waals surface area contributed by atoms with E-state index in [0.29, 0.717) is 22.3 Å². The molecule has 0 bridgehead atoms. The Morgan fingerprint density at radius 2 is 2.00 bits per heavy atom. The Morgan fingerprint density at radius 3 is 2.71 bits per heavy atom. The van der Waals surface area contributed by atoms with Crippen LogP contribution in [0.4, 0.5) is 13.2 Å². The maximum atomic E-state index is 13.1. The van der Waals surface area contributed by atoms with Gasteiger partial charge in [0.05, 0.1) is 18.5 Å². The minimum absolute atomic E-state index is 0.0848. The van der Waals surface area contributed by atoms with Crippen LogP contribution >= 0.6 is 0 Å². The molecule has 31 heavy (non-hydrogen) atoms. The van der Waals surface area contributed by atoms with Crippen LogP contribution in [-0.2, 0) is 17.5 Å². The van der Waals surface area contributed by atoms with E-state index in [1.807, 2.05) is 0 Å². The van der Waals surface area contributed by atoms with E-state index in [9.17, 15) is 18.0 Å². The molecule has 1 fully saturated rings. The topological polar surface area (TPSA) is 69.0 Å². The molecule has 2 heterocycles. The number of amides is 1. The average Bonchev–Trinajstić information content (AvgIpc) is 3.37. The molecule has 164 valence electrons. The molecule has 4 rings (SSSR count). The third-order valence-electron chi connectivity index (χ3n) is 5.41. The van der Waals surface area contributed by atoms with E-state index >= 15 is 0 Å². The predicted molar refractivity (Wildman–Crippen MR) is 110 cm³/mol. The van der Waals surface area contributed by atoms with Gasteiger partial charge in [-0.15, -0.1) is 0 Å². The van der Waals surface area contributed by atoms with Gasteiger partial charge in [0, 0.05) is 23.4 Å². The van der Waals surface area contributed by atoms with Crippen LogP contribution in [0.15, 0.2) is 36.8 Å². The molecule has 1 aliphatic rings. The molecule has 1 N–H and O–H groups in total. The number of carbonyl (C=O) groups excluding carboxylic acids is 1. The molecule has 9 heteroatoms. The second-order valence-corrected chi connectivity index (χ2v) is 7.63. The van der Waals surface area contributed by atoms with E-state index in [2.05, 4.69) is 15.3 Å². The van der Waals surface area contributed by atoms with Gasteiger partial charge in [0.15, 0.2) is 5.65 Å². The number of pyridine rings is 1. The summed E-state index contributed by atoms with van der Waals surface area (Å²) in [4.78, 5) is 21.1. The Kier molecular flexibility index (Phi) is 5.84. The monoisotopic (exact) mass is 432 g/mol. The lowest BCUT2D eigenvalue weighted by Gasteiger charge is -2.14.